The third kappa shape index (κ3) is 3.55. The summed E-state index contributed by atoms with van der Waals surface area (Å²) in [5.74, 6) is 1.37. The van der Waals surface area contributed by atoms with Crippen LogP contribution in [0.25, 0.3) is 5.69 Å². The molecule has 0 radical (unpaired) electrons. The number of hydrogen-bond donors (Lipinski definition) is 0. The monoisotopic (exact) mass is 382 g/mol. The molecule has 0 unspecified atom stereocenters. The van der Waals surface area contributed by atoms with E-state index in [9.17, 15) is 9.59 Å². The lowest BCUT2D eigenvalue weighted by Gasteiger charge is -2.20. The molecule has 2 saturated carbocycles. The fraction of sp³-hybridized carbons (Fsp3) is 0.500. The first kappa shape index (κ1) is 18.7. The zero-order chi connectivity index (χ0) is 19.7. The molecule has 148 valence electrons. The molecule has 0 saturated heterocycles. The molecule has 0 N–H and O–H groups in total. The Hall–Kier alpha value is -2.63. The molecule has 2 fully saturated rings. The van der Waals surface area contributed by atoms with Crippen molar-refractivity contribution < 1.29 is 14.3 Å². The van der Waals surface area contributed by atoms with Gasteiger partial charge in [0.2, 0.25) is 0 Å². The quantitative estimate of drug-likeness (QED) is 0.709. The van der Waals surface area contributed by atoms with Gasteiger partial charge >= 0.3 is 0 Å². The smallest absolute Gasteiger partial charge is 0.282 e. The van der Waals surface area contributed by atoms with Gasteiger partial charge in [-0.05, 0) is 43.9 Å². The van der Waals surface area contributed by atoms with Crippen LogP contribution in [0.4, 0.5) is 0 Å². The highest BCUT2D eigenvalue weighted by Gasteiger charge is 2.31. The lowest BCUT2D eigenvalue weighted by Crippen LogP contribution is -2.31. The van der Waals surface area contributed by atoms with E-state index >= 15 is 0 Å². The number of ketones is 1. The molecule has 2 aliphatic rings. The number of carbonyl (C=O) groups excluding carboxylic acids is 1. The zero-order valence-electron chi connectivity index (χ0n) is 16.4. The fourth-order valence-electron chi connectivity index (χ4n) is 3.98. The maximum Gasteiger partial charge on any atom is 0.282 e. The van der Waals surface area contributed by atoms with Crippen molar-refractivity contribution in [1.82, 2.24) is 9.78 Å². The highest BCUT2D eigenvalue weighted by Crippen LogP contribution is 2.39. The number of Topliss-reactive ketones (excluding diaryl/α,β-unsaturated/α-hetero) is 1. The Balaban J connectivity index is 1.80. The van der Waals surface area contributed by atoms with Crippen LogP contribution in [-0.4, -0.2) is 29.8 Å². The summed E-state index contributed by atoms with van der Waals surface area (Å²) in [6, 6.07) is 6.98. The van der Waals surface area contributed by atoms with Gasteiger partial charge in [0, 0.05) is 17.9 Å². The summed E-state index contributed by atoms with van der Waals surface area (Å²) in [6.07, 6.45) is 7.12. The topological polar surface area (TPSA) is 70.4 Å². The first-order valence-corrected chi connectivity index (χ1v) is 10.0. The van der Waals surface area contributed by atoms with E-state index in [-0.39, 0.29) is 22.8 Å². The number of hydrogen-bond acceptors (Lipinski definition) is 5. The molecule has 6 heteroatoms. The minimum absolute atomic E-state index is 0.0248. The van der Waals surface area contributed by atoms with Crippen molar-refractivity contribution >= 4 is 5.78 Å². The van der Waals surface area contributed by atoms with Crippen molar-refractivity contribution in [1.29, 1.82) is 0 Å². The van der Waals surface area contributed by atoms with Gasteiger partial charge in [0.1, 0.15) is 0 Å². The second-order valence-electron chi connectivity index (χ2n) is 7.71. The van der Waals surface area contributed by atoms with Crippen LogP contribution in [0.15, 0.2) is 29.1 Å². The van der Waals surface area contributed by atoms with Crippen LogP contribution in [-0.2, 0) is 0 Å². The Morgan fingerprint density at radius 2 is 1.71 bits per heavy atom. The normalized spacial score (nSPS) is 17.4. The zero-order valence-corrected chi connectivity index (χ0v) is 16.4. The molecule has 1 heterocycles. The van der Waals surface area contributed by atoms with Gasteiger partial charge in [-0.3, -0.25) is 9.59 Å². The van der Waals surface area contributed by atoms with E-state index < -0.39 is 0 Å². The molecule has 4 rings (SSSR count). The molecule has 2 aromatic rings. The van der Waals surface area contributed by atoms with E-state index in [4.69, 9.17) is 9.47 Å². The van der Waals surface area contributed by atoms with Gasteiger partial charge < -0.3 is 9.47 Å². The number of carbonyl (C=O) groups is 1. The van der Waals surface area contributed by atoms with E-state index in [1.807, 2.05) is 0 Å². The maximum atomic E-state index is 13.2. The predicted octanol–water partition coefficient (Wildman–Crippen LogP) is 3.89. The largest absolute Gasteiger partial charge is 0.493 e. The summed E-state index contributed by atoms with van der Waals surface area (Å²) in [7, 11) is 3.12. The summed E-state index contributed by atoms with van der Waals surface area (Å²) in [6.45, 7) is 0. The number of methoxy groups -OCH3 is 2. The highest BCUT2D eigenvalue weighted by molar-refractivity contribution is 5.97. The summed E-state index contributed by atoms with van der Waals surface area (Å²) in [5, 5.41) is 4.58. The Labute approximate surface area is 164 Å². The van der Waals surface area contributed by atoms with E-state index in [0.29, 0.717) is 23.1 Å². The minimum Gasteiger partial charge on any atom is -0.493 e. The Morgan fingerprint density at radius 1 is 1.00 bits per heavy atom. The van der Waals surface area contributed by atoms with Crippen LogP contribution in [0.1, 0.15) is 66.9 Å². The lowest BCUT2D eigenvalue weighted by molar-refractivity contribution is 0.0887. The molecule has 0 bridgehead atoms. The molecule has 1 aromatic carbocycles. The summed E-state index contributed by atoms with van der Waals surface area (Å²) < 4.78 is 12.0. The number of rotatable bonds is 6. The van der Waals surface area contributed by atoms with E-state index in [0.717, 1.165) is 44.2 Å². The van der Waals surface area contributed by atoms with E-state index in [1.54, 1.807) is 38.5 Å². The van der Waals surface area contributed by atoms with Crippen molar-refractivity contribution in [2.75, 3.05) is 14.2 Å². The van der Waals surface area contributed by atoms with Gasteiger partial charge in [-0.1, -0.05) is 19.3 Å². The SMILES string of the molecule is COc1ccc(-n2nc(C3CC3)cc(C(=O)C3CCCCC3)c2=O)cc1OC. The van der Waals surface area contributed by atoms with Crippen molar-refractivity contribution in [2.45, 2.75) is 50.9 Å². The van der Waals surface area contributed by atoms with E-state index in [1.165, 1.54) is 11.1 Å². The summed E-state index contributed by atoms with van der Waals surface area (Å²) in [4.78, 5) is 26.3. The summed E-state index contributed by atoms with van der Waals surface area (Å²) in [5.41, 5.74) is 1.32. The molecule has 6 nitrogen and oxygen atoms in total. The maximum absolute atomic E-state index is 13.2. The highest BCUT2D eigenvalue weighted by atomic mass is 16.5. The lowest BCUT2D eigenvalue weighted by atomic mass is 9.84. The van der Waals surface area contributed by atoms with Crippen LogP contribution in [0.3, 0.4) is 0 Å². The number of aromatic nitrogens is 2. The van der Waals surface area contributed by atoms with Crippen molar-refractivity contribution in [3.05, 3.63) is 45.9 Å². The van der Waals surface area contributed by atoms with Crippen molar-refractivity contribution in [3.8, 4) is 17.2 Å². The van der Waals surface area contributed by atoms with Gasteiger partial charge in [-0.25, -0.2) is 0 Å². The second kappa shape index (κ2) is 7.78. The van der Waals surface area contributed by atoms with E-state index in [2.05, 4.69) is 5.10 Å². The molecule has 1 aromatic heterocycles. The minimum atomic E-state index is -0.354. The average molecular weight is 382 g/mol. The van der Waals surface area contributed by atoms with Crippen LogP contribution < -0.4 is 15.0 Å². The van der Waals surface area contributed by atoms with Gasteiger partial charge in [-0.2, -0.15) is 9.78 Å². The first-order valence-electron chi connectivity index (χ1n) is 10.0. The van der Waals surface area contributed by atoms with Crippen LogP contribution in [0.2, 0.25) is 0 Å². The second-order valence-corrected chi connectivity index (χ2v) is 7.71. The number of ether oxygens (including phenoxy) is 2. The molecule has 2 aliphatic carbocycles. The summed E-state index contributed by atoms with van der Waals surface area (Å²) >= 11 is 0. The standard InChI is InChI=1S/C22H26N2O4/c1-27-19-11-10-16(12-20(19)28-2)24-22(26)17(13-18(23-24)14-8-9-14)21(25)15-6-4-3-5-7-15/h10-15H,3-9H2,1-2H3. The average Bonchev–Trinajstić information content (AvgIpc) is 3.59. The third-order valence-electron chi connectivity index (χ3n) is 5.78. The van der Waals surface area contributed by atoms with Crippen LogP contribution in [0.5, 0.6) is 11.5 Å². The Morgan fingerprint density at radius 3 is 2.36 bits per heavy atom. The van der Waals surface area contributed by atoms with Gasteiger partial charge in [0.25, 0.3) is 5.56 Å². The van der Waals surface area contributed by atoms with Gasteiger partial charge in [0.05, 0.1) is 31.2 Å². The third-order valence-corrected chi connectivity index (χ3v) is 5.78. The molecule has 0 aliphatic heterocycles. The molecule has 0 atom stereocenters. The molecule has 0 spiro atoms. The Bertz CT molecular complexity index is 940. The molecular formula is C22H26N2O4. The van der Waals surface area contributed by atoms with Gasteiger partial charge in [-0.15, -0.1) is 0 Å². The van der Waals surface area contributed by atoms with Crippen molar-refractivity contribution in [2.24, 2.45) is 5.92 Å². The Kier molecular flexibility index (Phi) is 5.20. The van der Waals surface area contributed by atoms with Crippen LogP contribution in [0, 0.1) is 5.92 Å². The predicted molar refractivity (Wildman–Crippen MR) is 106 cm³/mol. The molecule has 0 amide bonds. The number of benzene rings is 1. The molecular weight excluding hydrogens is 356 g/mol. The fourth-order valence-corrected chi connectivity index (χ4v) is 3.98. The van der Waals surface area contributed by atoms with Crippen molar-refractivity contribution in [3.63, 3.8) is 0 Å². The first-order chi connectivity index (χ1) is 13.6. The number of nitrogens with zero attached hydrogens (tertiary/aromatic N) is 2. The van der Waals surface area contributed by atoms with Gasteiger partial charge in [0.15, 0.2) is 17.3 Å². The van der Waals surface area contributed by atoms with Crippen LogP contribution >= 0.6 is 0 Å². The molecule has 28 heavy (non-hydrogen) atoms.